The molecule has 3 rings (SSSR count). The van der Waals surface area contributed by atoms with Crippen molar-refractivity contribution in [3.8, 4) is 5.75 Å². The van der Waals surface area contributed by atoms with Gasteiger partial charge in [-0.1, -0.05) is 12.8 Å². The molecule has 1 saturated heterocycles. The summed E-state index contributed by atoms with van der Waals surface area (Å²) < 4.78 is 112. The summed E-state index contributed by atoms with van der Waals surface area (Å²) >= 11 is 0. The molecule has 12 heteroatoms. The van der Waals surface area contributed by atoms with Crippen LogP contribution < -0.4 is 10.1 Å². The smallest absolute Gasteiger partial charge is 0.417 e. The lowest BCUT2D eigenvalue weighted by atomic mass is 9.87. The van der Waals surface area contributed by atoms with E-state index < -0.39 is 52.7 Å². The quantitative estimate of drug-likeness (QED) is 0.569. The molecule has 2 atom stereocenters. The Morgan fingerprint density at radius 1 is 1.03 bits per heavy atom. The third-order valence-corrected chi connectivity index (χ3v) is 6.23. The standard InChI is InChI=1S/C21H24F8N2O2/c1-33-16-11-12(20(24,25)26)10-13(21(27,28)29)17(16)18(32)30-14-4-2-3-5-15(14)31-8-6-19(22,23)7-9-31/h10-11,14-15H,2-9H2,1H3,(H,30,32)/t14-,15+/m1/s1. The number of carbonyl (C=O) groups excluding carboxylic acids is 1. The Hall–Kier alpha value is -2.11. The van der Waals surface area contributed by atoms with Crippen molar-refractivity contribution in [1.82, 2.24) is 10.2 Å². The zero-order valence-electron chi connectivity index (χ0n) is 17.8. The topological polar surface area (TPSA) is 41.6 Å². The zero-order chi connectivity index (χ0) is 24.6. The summed E-state index contributed by atoms with van der Waals surface area (Å²) in [7, 11) is 0.879. The number of ether oxygens (including phenoxy) is 1. The molecule has 1 aromatic carbocycles. The van der Waals surface area contributed by atoms with Crippen LogP contribution in [0.25, 0.3) is 0 Å². The number of rotatable bonds is 4. The number of hydrogen-bond donors (Lipinski definition) is 1. The van der Waals surface area contributed by atoms with Gasteiger partial charge in [0, 0.05) is 38.0 Å². The first-order valence-corrected chi connectivity index (χ1v) is 10.5. The summed E-state index contributed by atoms with van der Waals surface area (Å²) in [6.45, 7) is 0.170. The minimum Gasteiger partial charge on any atom is -0.496 e. The van der Waals surface area contributed by atoms with Crippen LogP contribution in [-0.4, -0.2) is 49.0 Å². The summed E-state index contributed by atoms with van der Waals surface area (Å²) in [5, 5.41) is 2.52. The first kappa shape index (κ1) is 25.5. The van der Waals surface area contributed by atoms with Crippen LogP contribution in [0.1, 0.15) is 60.0 Å². The van der Waals surface area contributed by atoms with Crippen LogP contribution in [0.3, 0.4) is 0 Å². The van der Waals surface area contributed by atoms with Crippen LogP contribution in [0.2, 0.25) is 0 Å². The molecule has 0 bridgehead atoms. The molecule has 2 aliphatic rings. The molecule has 0 spiro atoms. The lowest BCUT2D eigenvalue weighted by Gasteiger charge is -2.43. The second-order valence-corrected chi connectivity index (χ2v) is 8.42. The highest BCUT2D eigenvalue weighted by molar-refractivity contribution is 5.99. The number of hydrogen-bond acceptors (Lipinski definition) is 3. The molecule has 1 saturated carbocycles. The molecular formula is C21H24F8N2O2. The summed E-state index contributed by atoms with van der Waals surface area (Å²) in [5.41, 5.74) is -4.38. The van der Waals surface area contributed by atoms with Crippen LogP contribution in [0, 0.1) is 0 Å². The van der Waals surface area contributed by atoms with Gasteiger partial charge in [0.2, 0.25) is 0 Å². The van der Waals surface area contributed by atoms with Gasteiger partial charge in [0.25, 0.3) is 11.8 Å². The summed E-state index contributed by atoms with van der Waals surface area (Å²) in [4.78, 5) is 14.7. The number of carbonyl (C=O) groups is 1. The molecule has 0 aromatic heterocycles. The predicted molar refractivity (Wildman–Crippen MR) is 102 cm³/mol. The predicted octanol–water partition coefficient (Wildman–Crippen LogP) is 5.50. The highest BCUT2D eigenvalue weighted by Crippen LogP contribution is 2.41. The van der Waals surface area contributed by atoms with E-state index in [1.165, 1.54) is 0 Å². The Morgan fingerprint density at radius 2 is 1.64 bits per heavy atom. The van der Waals surface area contributed by atoms with Gasteiger partial charge in [-0.05, 0) is 25.0 Å². The van der Waals surface area contributed by atoms with Gasteiger partial charge in [0.05, 0.1) is 23.8 Å². The number of nitrogens with one attached hydrogen (secondary N) is 1. The van der Waals surface area contributed by atoms with Gasteiger partial charge >= 0.3 is 12.4 Å². The van der Waals surface area contributed by atoms with E-state index in [9.17, 15) is 39.9 Å². The Bertz CT molecular complexity index is 859. The number of amides is 1. The second-order valence-electron chi connectivity index (χ2n) is 8.42. The van der Waals surface area contributed by atoms with Crippen molar-refractivity contribution >= 4 is 5.91 Å². The fourth-order valence-electron chi connectivity index (χ4n) is 4.54. The maximum Gasteiger partial charge on any atom is 0.417 e. The SMILES string of the molecule is COc1cc(C(F)(F)F)cc(C(F)(F)F)c1C(=O)N[C@@H]1CCCC[C@@H]1N1CCC(F)(F)CC1. The first-order chi connectivity index (χ1) is 15.2. The van der Waals surface area contributed by atoms with E-state index in [0.29, 0.717) is 25.3 Å². The molecule has 0 unspecified atom stereocenters. The monoisotopic (exact) mass is 488 g/mol. The van der Waals surface area contributed by atoms with Crippen LogP contribution in [0.5, 0.6) is 5.75 Å². The number of alkyl halides is 8. The Balaban J connectivity index is 1.90. The molecule has 4 nitrogen and oxygen atoms in total. The summed E-state index contributed by atoms with van der Waals surface area (Å²) in [6, 6.07) is -0.739. The lowest BCUT2D eigenvalue weighted by molar-refractivity contribution is -0.143. The lowest BCUT2D eigenvalue weighted by Crippen LogP contribution is -2.56. The van der Waals surface area contributed by atoms with Gasteiger partial charge in [-0.15, -0.1) is 0 Å². The number of methoxy groups -OCH3 is 1. The minimum atomic E-state index is -5.24. The highest BCUT2D eigenvalue weighted by Gasteiger charge is 2.43. The van der Waals surface area contributed by atoms with Crippen molar-refractivity contribution in [2.75, 3.05) is 20.2 Å². The van der Waals surface area contributed by atoms with Crippen molar-refractivity contribution in [3.63, 3.8) is 0 Å². The van der Waals surface area contributed by atoms with Gasteiger partial charge in [0.15, 0.2) is 0 Å². The van der Waals surface area contributed by atoms with E-state index in [1.807, 2.05) is 0 Å². The maximum absolute atomic E-state index is 13.6. The average molecular weight is 488 g/mol. The number of halogens is 8. The number of benzene rings is 1. The van der Waals surface area contributed by atoms with Crippen molar-refractivity contribution in [3.05, 3.63) is 28.8 Å². The molecule has 33 heavy (non-hydrogen) atoms. The van der Waals surface area contributed by atoms with Crippen LogP contribution in [0.15, 0.2) is 12.1 Å². The largest absolute Gasteiger partial charge is 0.496 e. The zero-order valence-corrected chi connectivity index (χ0v) is 17.8. The highest BCUT2D eigenvalue weighted by atomic mass is 19.4. The summed E-state index contributed by atoms with van der Waals surface area (Å²) in [5.74, 6) is -4.84. The normalized spacial score (nSPS) is 24.4. The Labute approximate surface area is 185 Å². The van der Waals surface area contributed by atoms with Gasteiger partial charge in [-0.2, -0.15) is 26.3 Å². The Kier molecular flexibility index (Phi) is 7.16. The molecule has 1 aliphatic heterocycles. The molecule has 1 N–H and O–H groups in total. The number of piperidine rings is 1. The first-order valence-electron chi connectivity index (χ1n) is 10.5. The molecule has 1 aliphatic carbocycles. The molecule has 1 heterocycles. The number of nitrogens with zero attached hydrogens (tertiary/aromatic N) is 1. The van der Waals surface area contributed by atoms with Crippen molar-refractivity contribution < 1.29 is 44.7 Å². The Morgan fingerprint density at radius 3 is 2.18 bits per heavy atom. The molecular weight excluding hydrogens is 464 g/mol. The van der Waals surface area contributed by atoms with E-state index in [-0.39, 0.29) is 38.0 Å². The van der Waals surface area contributed by atoms with E-state index in [4.69, 9.17) is 4.74 Å². The van der Waals surface area contributed by atoms with Gasteiger partial charge in [0.1, 0.15) is 5.75 Å². The van der Waals surface area contributed by atoms with E-state index in [0.717, 1.165) is 13.5 Å². The second kappa shape index (κ2) is 9.27. The molecule has 186 valence electrons. The van der Waals surface area contributed by atoms with Crippen molar-refractivity contribution in [2.45, 2.75) is 68.9 Å². The third-order valence-electron chi connectivity index (χ3n) is 6.23. The van der Waals surface area contributed by atoms with Crippen LogP contribution in [0.4, 0.5) is 35.1 Å². The minimum absolute atomic E-state index is 0.0848. The molecule has 2 fully saturated rings. The third kappa shape index (κ3) is 5.88. The van der Waals surface area contributed by atoms with Gasteiger partial charge in [-0.3, -0.25) is 9.69 Å². The van der Waals surface area contributed by atoms with Crippen LogP contribution in [-0.2, 0) is 12.4 Å². The molecule has 1 amide bonds. The fourth-order valence-corrected chi connectivity index (χ4v) is 4.54. The average Bonchev–Trinajstić information content (AvgIpc) is 2.72. The fraction of sp³-hybridized carbons (Fsp3) is 0.667. The molecule has 1 aromatic rings. The van der Waals surface area contributed by atoms with E-state index in [1.54, 1.807) is 4.90 Å². The number of likely N-dealkylation sites (tertiary alicyclic amines) is 1. The van der Waals surface area contributed by atoms with Crippen molar-refractivity contribution in [1.29, 1.82) is 0 Å². The molecule has 0 radical (unpaired) electrons. The summed E-state index contributed by atoms with van der Waals surface area (Å²) in [6.07, 6.45) is -8.62. The maximum atomic E-state index is 13.6. The van der Waals surface area contributed by atoms with E-state index >= 15 is 0 Å². The van der Waals surface area contributed by atoms with Gasteiger partial charge in [-0.25, -0.2) is 8.78 Å². The van der Waals surface area contributed by atoms with Crippen molar-refractivity contribution in [2.24, 2.45) is 0 Å². The van der Waals surface area contributed by atoms with E-state index in [2.05, 4.69) is 5.32 Å². The van der Waals surface area contributed by atoms with Crippen LogP contribution >= 0.6 is 0 Å². The van der Waals surface area contributed by atoms with Gasteiger partial charge < -0.3 is 10.1 Å².